The van der Waals surface area contributed by atoms with Gasteiger partial charge in [-0.1, -0.05) is 24.3 Å². The van der Waals surface area contributed by atoms with Gasteiger partial charge in [0.1, 0.15) is 18.9 Å². The zero-order valence-electron chi connectivity index (χ0n) is 16.0. The minimum absolute atomic E-state index is 0.0414. The first-order valence-corrected chi connectivity index (χ1v) is 8.73. The fraction of sp³-hybridized carbons (Fsp3) is 0.263. The third-order valence-electron chi connectivity index (χ3n) is 4.48. The van der Waals surface area contributed by atoms with Crippen molar-refractivity contribution in [2.75, 3.05) is 33.8 Å². The van der Waals surface area contributed by atoms with Crippen molar-refractivity contribution in [1.29, 1.82) is 5.41 Å². The summed E-state index contributed by atoms with van der Waals surface area (Å²) in [5, 5.41) is 7.43. The van der Waals surface area contributed by atoms with Gasteiger partial charge in [-0.05, 0) is 6.08 Å². The fourth-order valence-electron chi connectivity index (χ4n) is 2.78. The highest BCUT2D eigenvalue weighted by molar-refractivity contribution is 6.49. The number of methoxy groups -OCH3 is 1. The van der Waals surface area contributed by atoms with Crippen molar-refractivity contribution < 1.29 is 19.1 Å². The number of fused-ring (bicyclic) bond motifs is 1. The van der Waals surface area contributed by atoms with Crippen LogP contribution in [-0.2, 0) is 19.1 Å². The Bertz CT molecular complexity index is 977. The zero-order chi connectivity index (χ0) is 21.1. The van der Waals surface area contributed by atoms with Gasteiger partial charge < -0.3 is 20.3 Å². The molecule has 3 rings (SSSR count). The number of rotatable bonds is 6. The Morgan fingerprint density at radius 3 is 2.59 bits per heavy atom. The van der Waals surface area contributed by atoms with E-state index in [4.69, 9.17) is 11.1 Å². The van der Waals surface area contributed by atoms with E-state index in [1.807, 2.05) is 0 Å². The topological polar surface area (TPSA) is 142 Å². The maximum atomic E-state index is 12.7. The van der Waals surface area contributed by atoms with Gasteiger partial charge in [0.2, 0.25) is 5.91 Å². The summed E-state index contributed by atoms with van der Waals surface area (Å²) in [5.74, 6) is -0.991. The standard InChI is InChI=1S/C19H20N6O4/c1-24(10-15(27)29-2)14(26)9-25-8-7-13-16(19(25)28)23-18(22-13)12-5-3-11(4-6-12)17(20)21/h3-7H,8-10H2,1-2H3,(H3,20,21). The van der Waals surface area contributed by atoms with Crippen molar-refractivity contribution in [3.63, 3.8) is 0 Å². The van der Waals surface area contributed by atoms with E-state index in [-0.39, 0.29) is 37.1 Å². The molecule has 0 fully saturated rings. The summed E-state index contributed by atoms with van der Waals surface area (Å²) in [6, 6.07) is 6.82. The lowest BCUT2D eigenvalue weighted by molar-refractivity contribution is -0.146. The lowest BCUT2D eigenvalue weighted by Gasteiger charge is -2.26. The number of nitrogens with two attached hydrogens (primary N) is 1. The van der Waals surface area contributed by atoms with Crippen molar-refractivity contribution in [3.8, 4) is 0 Å². The summed E-state index contributed by atoms with van der Waals surface area (Å²) in [6.07, 6.45) is 1.73. The molecule has 10 heteroatoms. The normalized spacial score (nSPS) is 15.2. The van der Waals surface area contributed by atoms with Crippen LogP contribution < -0.4 is 5.73 Å². The van der Waals surface area contributed by atoms with Gasteiger partial charge in [0.25, 0.3) is 5.91 Å². The van der Waals surface area contributed by atoms with Gasteiger partial charge in [0.05, 0.1) is 12.8 Å². The monoisotopic (exact) mass is 396 g/mol. The van der Waals surface area contributed by atoms with E-state index >= 15 is 0 Å². The van der Waals surface area contributed by atoms with Crippen LogP contribution in [0, 0.1) is 5.41 Å². The molecule has 1 aromatic rings. The Morgan fingerprint density at radius 2 is 1.97 bits per heavy atom. The first-order chi connectivity index (χ1) is 13.8. The number of hydrogen-bond acceptors (Lipinski definition) is 7. The lowest BCUT2D eigenvalue weighted by atomic mass is 10.1. The molecule has 150 valence electrons. The summed E-state index contributed by atoms with van der Waals surface area (Å²) in [7, 11) is 2.71. The van der Waals surface area contributed by atoms with Crippen LogP contribution in [0.15, 0.2) is 46.0 Å². The molecule has 2 aliphatic rings. The molecular weight excluding hydrogens is 376 g/mol. The van der Waals surface area contributed by atoms with Gasteiger partial charge in [-0.3, -0.25) is 19.8 Å². The lowest BCUT2D eigenvalue weighted by Crippen LogP contribution is -2.47. The molecule has 2 heterocycles. The van der Waals surface area contributed by atoms with Gasteiger partial charge in [-0.25, -0.2) is 9.98 Å². The Hall–Kier alpha value is -3.82. The minimum atomic E-state index is -0.540. The van der Waals surface area contributed by atoms with Crippen LogP contribution in [0.3, 0.4) is 0 Å². The highest BCUT2D eigenvalue weighted by Crippen LogP contribution is 2.21. The number of carbonyl (C=O) groups is 3. The number of likely N-dealkylation sites (N-methyl/N-ethyl adjacent to an activating group) is 1. The molecular formula is C19H20N6O4. The summed E-state index contributed by atoms with van der Waals surface area (Å²) in [5.41, 5.74) is 7.35. The smallest absolute Gasteiger partial charge is 0.325 e. The first-order valence-electron chi connectivity index (χ1n) is 8.73. The Kier molecular flexibility index (Phi) is 5.53. The number of amidine groups is 2. The van der Waals surface area contributed by atoms with E-state index in [9.17, 15) is 14.4 Å². The molecule has 2 aliphatic heterocycles. The second-order valence-corrected chi connectivity index (χ2v) is 6.49. The molecule has 0 spiro atoms. The van der Waals surface area contributed by atoms with E-state index in [2.05, 4.69) is 14.7 Å². The predicted molar refractivity (Wildman–Crippen MR) is 106 cm³/mol. The van der Waals surface area contributed by atoms with Crippen LogP contribution in [0.4, 0.5) is 0 Å². The number of hydrogen-bond donors (Lipinski definition) is 2. The zero-order valence-corrected chi connectivity index (χ0v) is 16.0. The largest absolute Gasteiger partial charge is 0.468 e. The number of nitrogens with one attached hydrogen (secondary N) is 1. The Labute approximate surface area is 166 Å². The summed E-state index contributed by atoms with van der Waals surface area (Å²) < 4.78 is 4.54. The highest BCUT2D eigenvalue weighted by Gasteiger charge is 2.32. The van der Waals surface area contributed by atoms with Gasteiger partial charge >= 0.3 is 5.97 Å². The van der Waals surface area contributed by atoms with Crippen LogP contribution in [0.2, 0.25) is 0 Å². The number of ether oxygens (including phenoxy) is 1. The van der Waals surface area contributed by atoms with E-state index in [1.54, 1.807) is 30.3 Å². The molecule has 0 aliphatic carbocycles. The molecule has 3 N–H and O–H groups in total. The second kappa shape index (κ2) is 8.05. The fourth-order valence-corrected chi connectivity index (χ4v) is 2.78. The molecule has 1 aromatic carbocycles. The average molecular weight is 396 g/mol. The van der Waals surface area contributed by atoms with Crippen molar-refractivity contribution in [3.05, 3.63) is 47.2 Å². The van der Waals surface area contributed by atoms with Gasteiger partial charge in [0.15, 0.2) is 11.5 Å². The predicted octanol–water partition coefficient (Wildman–Crippen LogP) is -0.471. The Morgan fingerprint density at radius 1 is 1.28 bits per heavy atom. The molecule has 0 aromatic heterocycles. The number of nitrogens with zero attached hydrogens (tertiary/aromatic N) is 4. The van der Waals surface area contributed by atoms with Crippen LogP contribution in [0.1, 0.15) is 11.1 Å². The van der Waals surface area contributed by atoms with Gasteiger partial charge in [-0.15, -0.1) is 0 Å². The minimum Gasteiger partial charge on any atom is -0.468 e. The number of nitrogen functional groups attached to an aromatic ring is 1. The SMILES string of the molecule is COC(=O)CN(C)C(=O)CN1CC=C2N=C(c3ccc(C(=N)N)cc3)N=C2C1=O. The molecule has 0 unspecified atom stereocenters. The summed E-state index contributed by atoms with van der Waals surface area (Å²) >= 11 is 0. The third kappa shape index (κ3) is 4.21. The van der Waals surface area contributed by atoms with Gasteiger partial charge in [0, 0.05) is 24.7 Å². The molecule has 10 nitrogen and oxygen atoms in total. The van der Waals surface area contributed by atoms with E-state index in [0.717, 1.165) is 0 Å². The van der Waals surface area contributed by atoms with Crippen molar-refractivity contribution >= 4 is 35.2 Å². The quantitative estimate of drug-likeness (QED) is 0.380. The van der Waals surface area contributed by atoms with Crippen LogP contribution >= 0.6 is 0 Å². The van der Waals surface area contributed by atoms with Crippen LogP contribution in [0.25, 0.3) is 0 Å². The maximum Gasteiger partial charge on any atom is 0.325 e. The average Bonchev–Trinajstić information content (AvgIpc) is 3.15. The number of aliphatic imine (C=N–C) groups is 2. The van der Waals surface area contributed by atoms with E-state index in [0.29, 0.717) is 22.7 Å². The number of esters is 1. The highest BCUT2D eigenvalue weighted by atomic mass is 16.5. The van der Waals surface area contributed by atoms with E-state index in [1.165, 1.54) is 24.0 Å². The molecule has 0 atom stereocenters. The number of carbonyl (C=O) groups excluding carboxylic acids is 3. The third-order valence-corrected chi connectivity index (χ3v) is 4.48. The molecule has 0 saturated carbocycles. The Balaban J connectivity index is 1.71. The van der Waals surface area contributed by atoms with E-state index < -0.39 is 11.9 Å². The molecule has 29 heavy (non-hydrogen) atoms. The van der Waals surface area contributed by atoms with Crippen LogP contribution in [-0.4, -0.2) is 78.8 Å². The summed E-state index contributed by atoms with van der Waals surface area (Å²) in [4.78, 5) is 47.6. The molecule has 0 saturated heterocycles. The summed E-state index contributed by atoms with van der Waals surface area (Å²) in [6.45, 7) is -0.161. The van der Waals surface area contributed by atoms with Crippen LogP contribution in [0.5, 0.6) is 0 Å². The molecule has 2 amide bonds. The number of benzene rings is 1. The van der Waals surface area contributed by atoms with Crippen molar-refractivity contribution in [2.24, 2.45) is 15.7 Å². The number of amides is 2. The molecule has 0 radical (unpaired) electrons. The second-order valence-electron chi connectivity index (χ2n) is 6.49. The molecule has 0 bridgehead atoms. The maximum absolute atomic E-state index is 12.7. The van der Waals surface area contributed by atoms with Gasteiger partial charge in [-0.2, -0.15) is 0 Å². The van der Waals surface area contributed by atoms with Crippen molar-refractivity contribution in [1.82, 2.24) is 9.80 Å². The van der Waals surface area contributed by atoms with Crippen molar-refractivity contribution in [2.45, 2.75) is 0 Å². The first kappa shape index (κ1) is 19.9.